The molecule has 7 heteroatoms. The molecular formula is C20H18N2O4S. The number of ether oxygens (including phenoxy) is 3. The fraction of sp³-hybridized carbons (Fsp3) is 0.200. The van der Waals surface area contributed by atoms with Crippen molar-refractivity contribution in [3.8, 4) is 22.8 Å². The Morgan fingerprint density at radius 3 is 2.59 bits per heavy atom. The summed E-state index contributed by atoms with van der Waals surface area (Å²) in [4.78, 5) is 17.0. The molecule has 0 saturated carbocycles. The highest BCUT2D eigenvalue weighted by Gasteiger charge is 2.36. The van der Waals surface area contributed by atoms with Crippen molar-refractivity contribution in [1.82, 2.24) is 4.98 Å². The Kier molecular flexibility index (Phi) is 4.45. The van der Waals surface area contributed by atoms with Crippen molar-refractivity contribution in [3.05, 3.63) is 58.5 Å². The molecule has 0 spiro atoms. The van der Waals surface area contributed by atoms with Gasteiger partial charge < -0.3 is 19.5 Å². The molecule has 3 aromatic rings. The van der Waals surface area contributed by atoms with E-state index in [1.165, 1.54) is 31.1 Å². The summed E-state index contributed by atoms with van der Waals surface area (Å²) in [6.07, 6.45) is -0.621. The minimum absolute atomic E-state index is 0.379. The van der Waals surface area contributed by atoms with E-state index in [1.54, 1.807) is 12.1 Å². The number of esters is 1. The second-order valence-electron chi connectivity index (χ2n) is 6.10. The van der Waals surface area contributed by atoms with Crippen molar-refractivity contribution in [1.29, 1.82) is 0 Å². The third-order valence-corrected chi connectivity index (χ3v) is 5.17. The summed E-state index contributed by atoms with van der Waals surface area (Å²) < 4.78 is 16.1. The predicted molar refractivity (Wildman–Crippen MR) is 104 cm³/mol. The van der Waals surface area contributed by atoms with Crippen LogP contribution in [0.3, 0.4) is 0 Å². The SMILES string of the molecule is COc1ccc2c(c1OC)C(=O)OC2Nc1nc(-c2ccc(C)cc2)cs1. The van der Waals surface area contributed by atoms with Crippen LogP contribution < -0.4 is 14.8 Å². The van der Waals surface area contributed by atoms with Crippen molar-refractivity contribution in [3.63, 3.8) is 0 Å². The second-order valence-corrected chi connectivity index (χ2v) is 6.96. The van der Waals surface area contributed by atoms with Crippen LogP contribution in [0.1, 0.15) is 27.7 Å². The van der Waals surface area contributed by atoms with Gasteiger partial charge in [-0.15, -0.1) is 11.3 Å². The number of rotatable bonds is 5. The smallest absolute Gasteiger partial charge is 0.344 e. The van der Waals surface area contributed by atoms with Crippen LogP contribution in [0.15, 0.2) is 41.8 Å². The van der Waals surface area contributed by atoms with E-state index in [2.05, 4.69) is 22.4 Å². The van der Waals surface area contributed by atoms with Gasteiger partial charge in [-0.3, -0.25) is 0 Å². The maximum absolute atomic E-state index is 12.4. The first-order chi connectivity index (χ1) is 13.1. The van der Waals surface area contributed by atoms with Gasteiger partial charge in [-0.25, -0.2) is 9.78 Å². The average molecular weight is 382 g/mol. The number of fused-ring (bicyclic) bond motifs is 1. The fourth-order valence-corrected chi connectivity index (χ4v) is 3.76. The van der Waals surface area contributed by atoms with Gasteiger partial charge >= 0.3 is 5.97 Å². The number of anilines is 1. The molecular weight excluding hydrogens is 364 g/mol. The van der Waals surface area contributed by atoms with E-state index in [9.17, 15) is 4.79 Å². The lowest BCUT2D eigenvalue weighted by Gasteiger charge is -2.13. The van der Waals surface area contributed by atoms with Gasteiger partial charge in [0.15, 0.2) is 16.6 Å². The Hall–Kier alpha value is -3.06. The normalized spacial score (nSPS) is 15.2. The van der Waals surface area contributed by atoms with Gasteiger partial charge in [0.1, 0.15) is 5.56 Å². The minimum Gasteiger partial charge on any atom is -0.493 e. The molecule has 1 aromatic heterocycles. The van der Waals surface area contributed by atoms with E-state index in [4.69, 9.17) is 14.2 Å². The van der Waals surface area contributed by atoms with Crippen LogP contribution in [0.25, 0.3) is 11.3 Å². The van der Waals surface area contributed by atoms with E-state index in [0.717, 1.165) is 11.3 Å². The standard InChI is InChI=1S/C20H18N2O4S/c1-11-4-6-12(7-5-11)14-10-27-20(21-14)22-18-13-8-9-15(24-2)17(25-3)16(13)19(23)26-18/h4-10,18H,1-3H3,(H,21,22). The quantitative estimate of drug-likeness (QED) is 0.659. The number of methoxy groups -OCH3 is 2. The van der Waals surface area contributed by atoms with Gasteiger partial charge in [0, 0.05) is 16.5 Å². The molecule has 6 nitrogen and oxygen atoms in total. The maximum atomic E-state index is 12.4. The highest BCUT2D eigenvalue weighted by molar-refractivity contribution is 7.14. The summed E-state index contributed by atoms with van der Waals surface area (Å²) >= 11 is 1.46. The molecule has 1 unspecified atom stereocenters. The number of nitrogens with zero attached hydrogens (tertiary/aromatic N) is 1. The third kappa shape index (κ3) is 3.10. The molecule has 1 N–H and O–H groups in total. The zero-order valence-electron chi connectivity index (χ0n) is 15.1. The summed E-state index contributed by atoms with van der Waals surface area (Å²) in [6, 6.07) is 11.7. The monoisotopic (exact) mass is 382 g/mol. The Morgan fingerprint density at radius 1 is 1.11 bits per heavy atom. The molecule has 0 saturated heterocycles. The molecule has 138 valence electrons. The van der Waals surface area contributed by atoms with Crippen molar-refractivity contribution in [2.75, 3.05) is 19.5 Å². The summed E-state index contributed by atoms with van der Waals surface area (Å²) in [5.41, 5.74) is 4.19. The van der Waals surface area contributed by atoms with Crippen molar-refractivity contribution in [2.24, 2.45) is 0 Å². The molecule has 2 heterocycles. The number of hydrogen-bond acceptors (Lipinski definition) is 7. The molecule has 0 radical (unpaired) electrons. The molecule has 0 aliphatic carbocycles. The Balaban J connectivity index is 1.61. The zero-order chi connectivity index (χ0) is 19.0. The first-order valence-corrected chi connectivity index (χ1v) is 9.23. The van der Waals surface area contributed by atoms with Crippen molar-refractivity contribution >= 4 is 22.4 Å². The van der Waals surface area contributed by atoms with E-state index in [-0.39, 0.29) is 0 Å². The Labute approximate surface area is 160 Å². The van der Waals surface area contributed by atoms with Crippen molar-refractivity contribution in [2.45, 2.75) is 13.2 Å². The highest BCUT2D eigenvalue weighted by atomic mass is 32.1. The van der Waals surface area contributed by atoms with E-state index in [0.29, 0.717) is 27.8 Å². The molecule has 1 atom stereocenters. The average Bonchev–Trinajstić information content (AvgIpc) is 3.27. The molecule has 0 amide bonds. The zero-order valence-corrected chi connectivity index (χ0v) is 15.9. The predicted octanol–water partition coefficient (Wildman–Crippen LogP) is 4.42. The number of cyclic esters (lactones) is 1. The molecule has 4 rings (SSSR count). The lowest BCUT2D eigenvalue weighted by atomic mass is 10.1. The summed E-state index contributed by atoms with van der Waals surface area (Å²) in [5.74, 6) is 0.419. The van der Waals surface area contributed by atoms with Gasteiger partial charge in [-0.1, -0.05) is 29.8 Å². The number of carbonyl (C=O) groups excluding carboxylic acids is 1. The Bertz CT molecular complexity index is 998. The molecule has 0 bridgehead atoms. The number of benzene rings is 2. The summed E-state index contributed by atoms with van der Waals surface area (Å²) in [6.45, 7) is 2.05. The lowest BCUT2D eigenvalue weighted by Crippen LogP contribution is -2.10. The van der Waals surface area contributed by atoms with Crippen LogP contribution in [0.4, 0.5) is 5.13 Å². The van der Waals surface area contributed by atoms with Crippen LogP contribution in [-0.2, 0) is 4.74 Å². The molecule has 1 aliphatic heterocycles. The van der Waals surface area contributed by atoms with Crippen LogP contribution in [-0.4, -0.2) is 25.2 Å². The number of thiazole rings is 1. The van der Waals surface area contributed by atoms with Gasteiger partial charge in [-0.2, -0.15) is 0 Å². The number of carbonyl (C=O) groups is 1. The van der Waals surface area contributed by atoms with E-state index in [1.807, 2.05) is 24.4 Å². The van der Waals surface area contributed by atoms with Gasteiger partial charge in [0.2, 0.25) is 6.23 Å². The van der Waals surface area contributed by atoms with Crippen LogP contribution in [0.5, 0.6) is 11.5 Å². The second kappa shape index (κ2) is 6.92. The number of aromatic nitrogens is 1. The van der Waals surface area contributed by atoms with Crippen molar-refractivity contribution < 1.29 is 19.0 Å². The largest absolute Gasteiger partial charge is 0.493 e. The van der Waals surface area contributed by atoms with Gasteiger partial charge in [0.25, 0.3) is 0 Å². The minimum atomic E-state index is -0.621. The molecule has 27 heavy (non-hydrogen) atoms. The number of aryl methyl sites for hydroxylation is 1. The Morgan fingerprint density at radius 2 is 1.89 bits per heavy atom. The topological polar surface area (TPSA) is 69.7 Å². The van der Waals surface area contributed by atoms with Gasteiger partial charge in [0.05, 0.1) is 19.9 Å². The first kappa shape index (κ1) is 17.4. The molecule has 1 aliphatic rings. The number of nitrogens with one attached hydrogen (secondary N) is 1. The van der Waals surface area contributed by atoms with Crippen LogP contribution >= 0.6 is 11.3 Å². The first-order valence-electron chi connectivity index (χ1n) is 8.35. The summed E-state index contributed by atoms with van der Waals surface area (Å²) in [5, 5.41) is 5.83. The molecule has 0 fully saturated rings. The van der Waals surface area contributed by atoms with E-state index < -0.39 is 12.2 Å². The summed E-state index contributed by atoms with van der Waals surface area (Å²) in [7, 11) is 3.03. The molecule has 2 aromatic carbocycles. The lowest BCUT2D eigenvalue weighted by molar-refractivity contribution is 0.0435. The van der Waals surface area contributed by atoms with Crippen LogP contribution in [0.2, 0.25) is 0 Å². The fourth-order valence-electron chi connectivity index (χ4n) is 3.02. The van der Waals surface area contributed by atoms with Gasteiger partial charge in [-0.05, 0) is 19.1 Å². The van der Waals surface area contributed by atoms with E-state index >= 15 is 0 Å². The third-order valence-electron chi connectivity index (χ3n) is 4.40. The highest BCUT2D eigenvalue weighted by Crippen LogP contribution is 2.42. The number of hydrogen-bond donors (Lipinski definition) is 1. The maximum Gasteiger partial charge on any atom is 0.344 e. The van der Waals surface area contributed by atoms with Crippen LogP contribution in [0, 0.1) is 6.92 Å².